The highest BCUT2D eigenvalue weighted by Gasteiger charge is 2.29. The molecule has 0 saturated heterocycles. The Bertz CT molecular complexity index is 2100. The number of hydrogen-bond acceptors (Lipinski definition) is 1. The summed E-state index contributed by atoms with van der Waals surface area (Å²) in [6.07, 6.45) is 2.37. The first kappa shape index (κ1) is 27.1. The summed E-state index contributed by atoms with van der Waals surface area (Å²) in [7, 11) is 0.502. The Kier molecular flexibility index (Phi) is 6.63. The fourth-order valence-electron chi connectivity index (χ4n) is 6.33. The van der Waals surface area contributed by atoms with Crippen LogP contribution in [0.25, 0.3) is 66.6 Å². The molecule has 0 saturated carbocycles. The van der Waals surface area contributed by atoms with E-state index in [9.17, 15) is 0 Å². The average molecular weight is 575 g/mol. The molecule has 7 aromatic rings. The van der Waals surface area contributed by atoms with Crippen molar-refractivity contribution in [2.75, 3.05) is 0 Å². The molecule has 0 aliphatic carbocycles. The van der Waals surface area contributed by atoms with Crippen molar-refractivity contribution >= 4 is 35.2 Å². The molecule has 5 aromatic carbocycles. The fraction of sp³-hybridized carbons (Fsp3) is 0.125. The van der Waals surface area contributed by atoms with E-state index in [-0.39, 0.29) is 0 Å². The summed E-state index contributed by atoms with van der Waals surface area (Å²) in [5.74, 6) is 0. The van der Waals surface area contributed by atoms with E-state index < -0.39 is 8.07 Å². The maximum absolute atomic E-state index is 6.86. The second-order valence-electron chi connectivity index (χ2n) is 12.6. The number of para-hydroxylation sites is 1. The Hall–Kier alpha value is -4.73. The third-order valence-corrected chi connectivity index (χ3v) is 10.6. The van der Waals surface area contributed by atoms with E-state index in [0.717, 1.165) is 44.3 Å². The van der Waals surface area contributed by atoms with E-state index in [0.29, 0.717) is 0 Å². The van der Waals surface area contributed by atoms with Gasteiger partial charge in [-0.15, -0.1) is 0 Å². The summed E-state index contributed by atoms with van der Waals surface area (Å²) < 4.78 is 9.17. The Balaban J connectivity index is 1.45. The largest absolute Gasteiger partial charge is 0.454 e. The molecule has 0 spiro atoms. The van der Waals surface area contributed by atoms with Gasteiger partial charge in [-0.3, -0.25) is 0 Å². The van der Waals surface area contributed by atoms with Crippen LogP contribution < -0.4 is 9.75 Å². The van der Waals surface area contributed by atoms with Crippen molar-refractivity contribution in [2.45, 2.75) is 26.6 Å². The molecule has 0 unspecified atom stereocenters. The number of pyridine rings is 1. The van der Waals surface area contributed by atoms with Gasteiger partial charge >= 0.3 is 0 Å². The highest BCUT2D eigenvalue weighted by Crippen LogP contribution is 2.41. The molecule has 0 atom stereocenters. The molecule has 2 heterocycles. The first-order chi connectivity index (χ1) is 20.8. The monoisotopic (exact) mass is 574 g/mol. The van der Waals surface area contributed by atoms with Gasteiger partial charge in [-0.1, -0.05) is 135 Å². The molecule has 0 bridgehead atoms. The number of fused-ring (bicyclic) bond motifs is 3. The molecule has 0 aliphatic rings. The van der Waals surface area contributed by atoms with Gasteiger partial charge in [0.15, 0.2) is 6.20 Å². The lowest BCUT2D eigenvalue weighted by Gasteiger charge is -2.21. The third kappa shape index (κ3) is 4.80. The normalized spacial score (nSPS) is 11.8. The van der Waals surface area contributed by atoms with Crippen molar-refractivity contribution in [3.63, 3.8) is 0 Å². The molecule has 0 amide bonds. The van der Waals surface area contributed by atoms with E-state index in [1.807, 2.05) is 0 Å². The molecule has 43 heavy (non-hydrogen) atoms. The van der Waals surface area contributed by atoms with Crippen LogP contribution in [0, 0.1) is 6.92 Å². The number of furan rings is 1. The molecule has 0 fully saturated rings. The number of nitrogens with zero attached hydrogens (tertiary/aromatic N) is 1. The predicted molar refractivity (Wildman–Crippen MR) is 184 cm³/mol. The van der Waals surface area contributed by atoms with E-state index in [1.54, 1.807) is 0 Å². The number of rotatable bonds is 5. The Morgan fingerprint density at radius 2 is 1.14 bits per heavy atom. The summed E-state index contributed by atoms with van der Waals surface area (Å²) in [4.78, 5) is 0. The SMILES string of the molecule is Cc1ccc2c(oc3c(-c4ccccc4)cccc32)c1-c1cc(-c2ccc(-c3ccccc3)cc2)c([Si](C)(C)C)c[n+]1C. The van der Waals surface area contributed by atoms with Crippen LogP contribution in [0.5, 0.6) is 0 Å². The van der Waals surface area contributed by atoms with Gasteiger partial charge in [-0.05, 0) is 40.3 Å². The second-order valence-corrected chi connectivity index (χ2v) is 17.6. The van der Waals surface area contributed by atoms with Crippen molar-refractivity contribution in [1.29, 1.82) is 0 Å². The maximum Gasteiger partial charge on any atom is 0.216 e. The van der Waals surface area contributed by atoms with E-state index in [2.05, 4.69) is 166 Å². The Morgan fingerprint density at radius 1 is 0.558 bits per heavy atom. The van der Waals surface area contributed by atoms with E-state index >= 15 is 0 Å². The zero-order valence-corrected chi connectivity index (χ0v) is 26.5. The van der Waals surface area contributed by atoms with Gasteiger partial charge in [0.1, 0.15) is 18.2 Å². The molecule has 2 nitrogen and oxygen atoms in total. The minimum atomic E-state index is -1.68. The van der Waals surface area contributed by atoms with Crippen molar-refractivity contribution in [3.8, 4) is 44.6 Å². The van der Waals surface area contributed by atoms with Crippen LogP contribution in [0.4, 0.5) is 0 Å². The molecular weight excluding hydrogens is 539 g/mol. The summed E-state index contributed by atoms with van der Waals surface area (Å²) in [5, 5.41) is 3.75. The predicted octanol–water partition coefficient (Wildman–Crippen LogP) is 9.93. The van der Waals surface area contributed by atoms with Crippen LogP contribution >= 0.6 is 0 Å². The lowest BCUT2D eigenvalue weighted by Crippen LogP contribution is -2.46. The van der Waals surface area contributed by atoms with Crippen LogP contribution in [0.2, 0.25) is 19.6 Å². The minimum absolute atomic E-state index is 0.939. The van der Waals surface area contributed by atoms with Gasteiger partial charge < -0.3 is 4.42 Å². The first-order valence-electron chi connectivity index (χ1n) is 15.0. The third-order valence-electron chi connectivity index (χ3n) is 8.60. The average Bonchev–Trinajstić information content (AvgIpc) is 3.40. The highest BCUT2D eigenvalue weighted by atomic mass is 28.3. The van der Waals surface area contributed by atoms with Gasteiger partial charge in [0.2, 0.25) is 5.69 Å². The number of benzene rings is 5. The summed E-state index contributed by atoms with van der Waals surface area (Å²) in [6.45, 7) is 9.49. The van der Waals surface area contributed by atoms with Gasteiger partial charge in [0.05, 0.1) is 13.6 Å². The van der Waals surface area contributed by atoms with Gasteiger partial charge in [0, 0.05) is 27.6 Å². The number of hydrogen-bond donors (Lipinski definition) is 0. The number of aromatic nitrogens is 1. The molecule has 0 radical (unpaired) electrons. The molecule has 210 valence electrons. The quantitative estimate of drug-likeness (QED) is 0.148. The molecule has 0 N–H and O–H groups in total. The lowest BCUT2D eigenvalue weighted by molar-refractivity contribution is -0.659. The lowest BCUT2D eigenvalue weighted by atomic mass is 9.96. The van der Waals surface area contributed by atoms with Crippen molar-refractivity contribution in [3.05, 3.63) is 133 Å². The van der Waals surface area contributed by atoms with Gasteiger partial charge in [-0.2, -0.15) is 0 Å². The zero-order chi connectivity index (χ0) is 29.7. The zero-order valence-electron chi connectivity index (χ0n) is 25.5. The summed E-state index contributed by atoms with van der Waals surface area (Å²) >= 11 is 0. The topological polar surface area (TPSA) is 17.0 Å². The van der Waals surface area contributed by atoms with Crippen molar-refractivity contribution in [2.24, 2.45) is 7.05 Å². The van der Waals surface area contributed by atoms with Crippen molar-refractivity contribution in [1.82, 2.24) is 0 Å². The standard InChI is InChI=1S/C40H36NOSi/c1-27-19-24-34-33-18-12-17-32(30-15-10-7-11-16-30)39(33)42-40(34)38(27)36-25-35(37(26-41(36)2)43(3,4)5)31-22-20-29(21-23-31)28-13-8-6-9-14-28/h6-26H,1-5H3/q+1. The first-order valence-corrected chi connectivity index (χ1v) is 18.5. The van der Waals surface area contributed by atoms with Gasteiger partial charge in [0.25, 0.3) is 0 Å². The molecular formula is C40H36NOSi+. The molecule has 2 aromatic heterocycles. The smallest absolute Gasteiger partial charge is 0.216 e. The van der Waals surface area contributed by atoms with Crippen LogP contribution in [0.1, 0.15) is 5.56 Å². The van der Waals surface area contributed by atoms with Crippen LogP contribution in [0.15, 0.2) is 132 Å². The highest BCUT2D eigenvalue weighted by molar-refractivity contribution is 6.89. The molecule has 7 rings (SSSR count). The van der Waals surface area contributed by atoms with E-state index in [1.165, 1.54) is 33.0 Å². The molecule has 0 aliphatic heterocycles. The molecule has 3 heteroatoms. The van der Waals surface area contributed by atoms with Crippen molar-refractivity contribution < 1.29 is 8.98 Å². The Morgan fingerprint density at radius 3 is 1.81 bits per heavy atom. The minimum Gasteiger partial charge on any atom is -0.454 e. The summed E-state index contributed by atoms with van der Waals surface area (Å²) in [6, 6.07) is 43.5. The van der Waals surface area contributed by atoms with Crippen LogP contribution in [-0.4, -0.2) is 8.07 Å². The number of aryl methyl sites for hydroxylation is 2. The maximum atomic E-state index is 6.86. The van der Waals surface area contributed by atoms with Crippen LogP contribution in [-0.2, 0) is 7.05 Å². The second kappa shape index (κ2) is 10.5. The fourth-order valence-corrected chi connectivity index (χ4v) is 7.94. The van der Waals surface area contributed by atoms with Crippen LogP contribution in [0.3, 0.4) is 0 Å². The Labute approximate surface area is 254 Å². The van der Waals surface area contributed by atoms with Gasteiger partial charge in [-0.25, -0.2) is 4.57 Å². The summed E-state index contributed by atoms with van der Waals surface area (Å²) in [5.41, 5.74) is 12.7. The van der Waals surface area contributed by atoms with E-state index in [4.69, 9.17) is 4.42 Å².